The minimum absolute atomic E-state index is 0.288. The van der Waals surface area contributed by atoms with Crippen LogP contribution in [0.4, 0.5) is 4.39 Å². The normalized spacial score (nSPS) is 11.1. The van der Waals surface area contributed by atoms with Crippen LogP contribution in [0.15, 0.2) is 47.1 Å². The van der Waals surface area contributed by atoms with Gasteiger partial charge in [-0.25, -0.2) is 4.39 Å². The summed E-state index contributed by atoms with van der Waals surface area (Å²) in [5.41, 5.74) is 2.20. The summed E-state index contributed by atoms with van der Waals surface area (Å²) in [4.78, 5) is 4.18. The third kappa shape index (κ3) is 2.22. The highest BCUT2D eigenvalue weighted by molar-refractivity contribution is 5.83. The third-order valence-corrected chi connectivity index (χ3v) is 2.96. The van der Waals surface area contributed by atoms with Gasteiger partial charge in [0, 0.05) is 29.9 Å². The molecule has 0 radical (unpaired) electrons. The van der Waals surface area contributed by atoms with Crippen molar-refractivity contribution < 1.29 is 8.81 Å². The Balaban J connectivity index is 2.08. The van der Waals surface area contributed by atoms with E-state index in [9.17, 15) is 4.39 Å². The van der Waals surface area contributed by atoms with Gasteiger partial charge in [0.1, 0.15) is 5.76 Å². The van der Waals surface area contributed by atoms with Crippen LogP contribution in [0.3, 0.4) is 0 Å². The number of benzene rings is 1. The van der Waals surface area contributed by atoms with Crippen molar-refractivity contribution in [3.63, 3.8) is 0 Å². The fourth-order valence-electron chi connectivity index (χ4n) is 2.09. The van der Waals surface area contributed by atoms with Crippen molar-refractivity contribution in [3.8, 4) is 11.3 Å². The molecular formula is C15H13FN2O. The molecule has 3 rings (SSSR count). The highest BCUT2D eigenvalue weighted by Gasteiger charge is 2.10. The largest absolute Gasteiger partial charge is 0.453 e. The lowest BCUT2D eigenvalue weighted by Gasteiger charge is -2.01. The zero-order chi connectivity index (χ0) is 13.2. The molecule has 4 heteroatoms. The second-order valence-electron chi connectivity index (χ2n) is 4.38. The molecule has 0 saturated carbocycles. The molecule has 2 aromatic heterocycles. The first-order valence-corrected chi connectivity index (χ1v) is 6.05. The van der Waals surface area contributed by atoms with Crippen LogP contribution in [0.25, 0.3) is 22.3 Å². The second-order valence-corrected chi connectivity index (χ2v) is 4.38. The van der Waals surface area contributed by atoms with E-state index in [1.807, 2.05) is 25.2 Å². The summed E-state index contributed by atoms with van der Waals surface area (Å²) >= 11 is 0. The van der Waals surface area contributed by atoms with Crippen molar-refractivity contribution in [2.24, 2.45) is 0 Å². The van der Waals surface area contributed by atoms with Gasteiger partial charge in [0.05, 0.1) is 0 Å². The lowest BCUT2D eigenvalue weighted by Crippen LogP contribution is -2.05. The second kappa shape index (κ2) is 4.82. The smallest absolute Gasteiger partial charge is 0.170 e. The van der Waals surface area contributed by atoms with E-state index in [1.54, 1.807) is 18.5 Å². The fourth-order valence-corrected chi connectivity index (χ4v) is 2.09. The summed E-state index contributed by atoms with van der Waals surface area (Å²) in [6.45, 7) is 0.732. The van der Waals surface area contributed by atoms with E-state index in [0.29, 0.717) is 5.76 Å². The Hall–Kier alpha value is -2.20. The van der Waals surface area contributed by atoms with Crippen LogP contribution >= 0.6 is 0 Å². The Bertz CT molecular complexity index is 721. The molecule has 3 nitrogen and oxygen atoms in total. The van der Waals surface area contributed by atoms with Gasteiger partial charge in [-0.2, -0.15) is 0 Å². The molecule has 0 aliphatic heterocycles. The maximum Gasteiger partial charge on any atom is 0.170 e. The van der Waals surface area contributed by atoms with Gasteiger partial charge in [-0.3, -0.25) is 4.98 Å². The van der Waals surface area contributed by atoms with Crippen LogP contribution in [0.2, 0.25) is 0 Å². The highest BCUT2D eigenvalue weighted by atomic mass is 19.1. The van der Waals surface area contributed by atoms with Crippen LogP contribution in [0, 0.1) is 5.82 Å². The number of rotatable bonds is 3. The van der Waals surface area contributed by atoms with Gasteiger partial charge in [0.25, 0.3) is 0 Å². The number of aromatic nitrogens is 1. The van der Waals surface area contributed by atoms with E-state index in [0.717, 1.165) is 23.1 Å². The molecule has 1 aromatic carbocycles. The standard InChI is InChI=1S/C15H13FN2O/c1-17-7-10-5-12(9-18-8-10)14-6-11-3-2-4-13(16)15(11)19-14/h2-6,8-9,17H,7H2,1H3. The minimum atomic E-state index is -0.344. The number of hydrogen-bond acceptors (Lipinski definition) is 3. The van der Waals surface area contributed by atoms with Gasteiger partial charge in [-0.15, -0.1) is 0 Å². The first kappa shape index (κ1) is 11.9. The van der Waals surface area contributed by atoms with Gasteiger partial charge in [0.2, 0.25) is 0 Å². The number of pyridine rings is 1. The molecule has 1 N–H and O–H groups in total. The van der Waals surface area contributed by atoms with Gasteiger partial charge in [-0.1, -0.05) is 12.1 Å². The molecular weight excluding hydrogens is 243 g/mol. The molecule has 0 aliphatic carbocycles. The molecule has 0 saturated heterocycles. The van der Waals surface area contributed by atoms with E-state index in [-0.39, 0.29) is 11.4 Å². The first-order chi connectivity index (χ1) is 9.28. The average Bonchev–Trinajstić information content (AvgIpc) is 2.85. The zero-order valence-corrected chi connectivity index (χ0v) is 10.5. The Labute approximate surface area is 110 Å². The van der Waals surface area contributed by atoms with Gasteiger partial charge >= 0.3 is 0 Å². The molecule has 19 heavy (non-hydrogen) atoms. The van der Waals surface area contributed by atoms with Crippen LogP contribution < -0.4 is 5.32 Å². The van der Waals surface area contributed by atoms with E-state index < -0.39 is 0 Å². The molecule has 2 heterocycles. The maximum absolute atomic E-state index is 13.6. The first-order valence-electron chi connectivity index (χ1n) is 6.05. The predicted molar refractivity (Wildman–Crippen MR) is 72.2 cm³/mol. The van der Waals surface area contributed by atoms with Crippen LogP contribution in [0.5, 0.6) is 0 Å². The van der Waals surface area contributed by atoms with Crippen molar-refractivity contribution >= 4 is 11.0 Å². The molecule has 0 amide bonds. The van der Waals surface area contributed by atoms with E-state index in [2.05, 4.69) is 10.3 Å². The van der Waals surface area contributed by atoms with Crippen LogP contribution in [0.1, 0.15) is 5.56 Å². The molecule has 0 spiro atoms. The van der Waals surface area contributed by atoms with Crippen LogP contribution in [-0.2, 0) is 6.54 Å². The van der Waals surface area contributed by atoms with Gasteiger partial charge in [0.15, 0.2) is 11.4 Å². The lowest BCUT2D eigenvalue weighted by molar-refractivity contribution is 0.568. The molecule has 3 aromatic rings. The highest BCUT2D eigenvalue weighted by Crippen LogP contribution is 2.29. The molecule has 0 bridgehead atoms. The fraction of sp³-hybridized carbons (Fsp3) is 0.133. The molecule has 96 valence electrons. The van der Waals surface area contributed by atoms with E-state index >= 15 is 0 Å². The molecule has 0 unspecified atom stereocenters. The number of hydrogen-bond donors (Lipinski definition) is 1. The number of para-hydroxylation sites is 1. The third-order valence-electron chi connectivity index (χ3n) is 2.96. The lowest BCUT2D eigenvalue weighted by atomic mass is 10.1. The molecule has 0 atom stereocenters. The Morgan fingerprint density at radius 2 is 2.16 bits per heavy atom. The van der Waals surface area contributed by atoms with Crippen molar-refractivity contribution in [1.29, 1.82) is 0 Å². The van der Waals surface area contributed by atoms with Gasteiger partial charge < -0.3 is 9.73 Å². The van der Waals surface area contributed by atoms with Crippen molar-refractivity contribution in [3.05, 3.63) is 54.1 Å². The number of halogens is 1. The Kier molecular flexibility index (Phi) is 3.01. The molecule has 0 aliphatic rings. The Morgan fingerprint density at radius 3 is 2.95 bits per heavy atom. The average molecular weight is 256 g/mol. The molecule has 0 fully saturated rings. The van der Waals surface area contributed by atoms with Crippen molar-refractivity contribution in [1.82, 2.24) is 10.3 Å². The van der Waals surface area contributed by atoms with E-state index in [1.165, 1.54) is 6.07 Å². The van der Waals surface area contributed by atoms with Crippen molar-refractivity contribution in [2.75, 3.05) is 7.05 Å². The zero-order valence-electron chi connectivity index (χ0n) is 10.5. The summed E-state index contributed by atoms with van der Waals surface area (Å²) in [5.74, 6) is 0.286. The quantitative estimate of drug-likeness (QED) is 0.781. The number of nitrogens with zero attached hydrogens (tertiary/aromatic N) is 1. The van der Waals surface area contributed by atoms with Gasteiger partial charge in [-0.05, 0) is 30.8 Å². The minimum Gasteiger partial charge on any atom is -0.453 e. The predicted octanol–water partition coefficient (Wildman–Crippen LogP) is 3.35. The number of fused-ring (bicyclic) bond motifs is 1. The SMILES string of the molecule is CNCc1cncc(-c2cc3cccc(F)c3o2)c1. The van der Waals surface area contributed by atoms with Crippen molar-refractivity contribution in [2.45, 2.75) is 6.54 Å². The monoisotopic (exact) mass is 256 g/mol. The number of furan rings is 1. The van der Waals surface area contributed by atoms with Crippen LogP contribution in [-0.4, -0.2) is 12.0 Å². The summed E-state index contributed by atoms with van der Waals surface area (Å²) in [7, 11) is 1.88. The van der Waals surface area contributed by atoms with E-state index in [4.69, 9.17) is 4.42 Å². The topological polar surface area (TPSA) is 38.1 Å². The summed E-state index contributed by atoms with van der Waals surface area (Å²) in [6, 6.07) is 8.71. The maximum atomic E-state index is 13.6. The summed E-state index contributed by atoms with van der Waals surface area (Å²) < 4.78 is 19.2. The summed E-state index contributed by atoms with van der Waals surface area (Å²) in [5, 5.41) is 3.83. The Morgan fingerprint density at radius 1 is 1.26 bits per heavy atom. The number of nitrogens with one attached hydrogen (secondary N) is 1. The summed E-state index contributed by atoms with van der Waals surface area (Å²) in [6.07, 6.45) is 3.51.